The van der Waals surface area contributed by atoms with Gasteiger partial charge in [-0.1, -0.05) is 25.1 Å². The number of methoxy groups -OCH3 is 1. The van der Waals surface area contributed by atoms with Gasteiger partial charge in [-0.2, -0.15) is 5.10 Å². The largest absolute Gasteiger partial charge is 0.383 e. The van der Waals surface area contributed by atoms with Crippen LogP contribution in [0, 0.1) is 11.7 Å². The molecule has 2 atom stereocenters. The summed E-state index contributed by atoms with van der Waals surface area (Å²) in [5, 5.41) is 4.32. The van der Waals surface area contributed by atoms with Gasteiger partial charge in [-0.15, -0.1) is 0 Å². The molecule has 0 aliphatic carbocycles. The van der Waals surface area contributed by atoms with E-state index in [1.54, 1.807) is 41.1 Å². The SMILES string of the molecule is COCCn1ccc(C(=O)N2C[C@@H](C)C[C@@H]2c2ccccc2F)n1. The molecule has 128 valence electrons. The van der Waals surface area contributed by atoms with Gasteiger partial charge in [0.05, 0.1) is 19.2 Å². The van der Waals surface area contributed by atoms with Crippen molar-refractivity contribution in [2.24, 2.45) is 5.92 Å². The Kier molecular flexibility index (Phi) is 4.94. The van der Waals surface area contributed by atoms with Crippen LogP contribution in [0.2, 0.25) is 0 Å². The van der Waals surface area contributed by atoms with E-state index in [9.17, 15) is 9.18 Å². The van der Waals surface area contributed by atoms with E-state index in [4.69, 9.17) is 4.74 Å². The number of hydrogen-bond donors (Lipinski definition) is 0. The molecule has 1 aromatic heterocycles. The van der Waals surface area contributed by atoms with Crippen molar-refractivity contribution in [1.29, 1.82) is 0 Å². The fourth-order valence-electron chi connectivity index (χ4n) is 3.24. The van der Waals surface area contributed by atoms with Gasteiger partial charge in [-0.25, -0.2) is 4.39 Å². The molecule has 0 saturated carbocycles. The van der Waals surface area contributed by atoms with E-state index >= 15 is 0 Å². The van der Waals surface area contributed by atoms with Crippen LogP contribution in [0.3, 0.4) is 0 Å². The number of carbonyl (C=O) groups is 1. The molecule has 0 spiro atoms. The zero-order chi connectivity index (χ0) is 17.1. The summed E-state index contributed by atoms with van der Waals surface area (Å²) < 4.78 is 20.9. The summed E-state index contributed by atoms with van der Waals surface area (Å²) in [4.78, 5) is 14.6. The summed E-state index contributed by atoms with van der Waals surface area (Å²) >= 11 is 0. The molecule has 2 aromatic rings. The van der Waals surface area contributed by atoms with Crippen LogP contribution in [0.1, 0.15) is 35.4 Å². The van der Waals surface area contributed by atoms with E-state index in [0.29, 0.717) is 36.9 Å². The molecule has 5 nitrogen and oxygen atoms in total. The number of halogens is 1. The minimum atomic E-state index is -0.264. The maximum Gasteiger partial charge on any atom is 0.274 e. The first-order valence-corrected chi connectivity index (χ1v) is 8.18. The molecule has 0 bridgehead atoms. The molecule has 1 amide bonds. The predicted molar refractivity (Wildman–Crippen MR) is 88.1 cm³/mol. The average molecular weight is 331 g/mol. The molecule has 0 unspecified atom stereocenters. The first kappa shape index (κ1) is 16.6. The lowest BCUT2D eigenvalue weighted by molar-refractivity contribution is 0.0722. The normalized spacial score (nSPS) is 20.5. The van der Waals surface area contributed by atoms with Crippen LogP contribution in [0.5, 0.6) is 0 Å². The van der Waals surface area contributed by atoms with Crippen LogP contribution >= 0.6 is 0 Å². The number of carbonyl (C=O) groups excluding carboxylic acids is 1. The molecule has 0 N–H and O–H groups in total. The number of likely N-dealkylation sites (tertiary alicyclic amines) is 1. The minimum absolute atomic E-state index is 0.149. The van der Waals surface area contributed by atoms with E-state index in [0.717, 1.165) is 6.42 Å². The second kappa shape index (κ2) is 7.13. The third-order valence-electron chi connectivity index (χ3n) is 4.42. The number of nitrogens with zero attached hydrogens (tertiary/aromatic N) is 3. The monoisotopic (exact) mass is 331 g/mol. The zero-order valence-electron chi connectivity index (χ0n) is 14.0. The molecule has 1 fully saturated rings. The summed E-state index contributed by atoms with van der Waals surface area (Å²) in [5.74, 6) is -0.0853. The third-order valence-corrected chi connectivity index (χ3v) is 4.42. The van der Waals surface area contributed by atoms with Crippen LogP contribution in [0.25, 0.3) is 0 Å². The molecule has 1 aliphatic heterocycles. The van der Waals surface area contributed by atoms with Crippen molar-refractivity contribution in [3.8, 4) is 0 Å². The molecular formula is C18H22FN3O2. The van der Waals surface area contributed by atoms with Gasteiger partial charge in [0.2, 0.25) is 0 Å². The number of hydrogen-bond acceptors (Lipinski definition) is 3. The van der Waals surface area contributed by atoms with Crippen LogP contribution in [-0.4, -0.2) is 40.8 Å². The summed E-state index contributed by atoms with van der Waals surface area (Å²) in [7, 11) is 1.63. The Balaban J connectivity index is 1.82. The van der Waals surface area contributed by atoms with Gasteiger partial charge in [0.15, 0.2) is 0 Å². The highest BCUT2D eigenvalue weighted by Crippen LogP contribution is 2.37. The van der Waals surface area contributed by atoms with Crippen molar-refractivity contribution >= 4 is 5.91 Å². The van der Waals surface area contributed by atoms with Gasteiger partial charge >= 0.3 is 0 Å². The first-order valence-electron chi connectivity index (χ1n) is 8.18. The Morgan fingerprint density at radius 1 is 1.38 bits per heavy atom. The standard InChI is InChI=1S/C18H22FN3O2/c1-13-11-17(14-5-3-4-6-15(14)19)22(12-13)18(23)16-7-8-21(20-16)9-10-24-2/h3-8,13,17H,9-12H2,1-2H3/t13-,17+/m0/s1. The Hall–Kier alpha value is -2.21. The zero-order valence-corrected chi connectivity index (χ0v) is 14.0. The number of benzene rings is 1. The van der Waals surface area contributed by atoms with E-state index < -0.39 is 0 Å². The molecule has 1 saturated heterocycles. The Labute approximate surface area is 141 Å². The maximum absolute atomic E-state index is 14.2. The summed E-state index contributed by atoms with van der Waals surface area (Å²) in [5.41, 5.74) is 0.968. The van der Waals surface area contributed by atoms with E-state index in [2.05, 4.69) is 12.0 Å². The van der Waals surface area contributed by atoms with E-state index in [1.165, 1.54) is 6.07 Å². The molecule has 1 aliphatic rings. The Bertz CT molecular complexity index is 716. The van der Waals surface area contributed by atoms with E-state index in [1.807, 2.05) is 6.07 Å². The first-order chi connectivity index (χ1) is 11.6. The van der Waals surface area contributed by atoms with Crippen LogP contribution < -0.4 is 0 Å². The fourth-order valence-corrected chi connectivity index (χ4v) is 3.24. The quantitative estimate of drug-likeness (QED) is 0.846. The second-order valence-corrected chi connectivity index (χ2v) is 6.29. The van der Waals surface area contributed by atoms with Gasteiger partial charge in [-0.3, -0.25) is 9.48 Å². The Morgan fingerprint density at radius 2 is 2.17 bits per heavy atom. The molecule has 2 heterocycles. The van der Waals surface area contributed by atoms with Gasteiger partial charge in [-0.05, 0) is 24.5 Å². The molecule has 6 heteroatoms. The lowest BCUT2D eigenvalue weighted by atomic mass is 10.0. The molecule has 24 heavy (non-hydrogen) atoms. The third kappa shape index (κ3) is 3.33. The van der Waals surface area contributed by atoms with Gasteiger partial charge < -0.3 is 9.64 Å². The van der Waals surface area contributed by atoms with Gasteiger partial charge in [0.25, 0.3) is 5.91 Å². The van der Waals surface area contributed by atoms with Gasteiger partial charge in [0, 0.05) is 25.4 Å². The Morgan fingerprint density at radius 3 is 2.92 bits per heavy atom. The smallest absolute Gasteiger partial charge is 0.274 e. The molecule has 0 radical (unpaired) electrons. The van der Waals surface area contributed by atoms with E-state index in [-0.39, 0.29) is 17.8 Å². The molecule has 3 rings (SSSR count). The fraction of sp³-hybridized carbons (Fsp3) is 0.444. The topological polar surface area (TPSA) is 47.4 Å². The highest BCUT2D eigenvalue weighted by atomic mass is 19.1. The average Bonchev–Trinajstić information content (AvgIpc) is 3.19. The molecular weight excluding hydrogens is 309 g/mol. The molecule has 1 aromatic carbocycles. The van der Waals surface area contributed by atoms with Crippen molar-refractivity contribution in [2.45, 2.75) is 25.9 Å². The summed E-state index contributed by atoms with van der Waals surface area (Å²) in [6.45, 7) is 3.83. The number of rotatable bonds is 5. The second-order valence-electron chi connectivity index (χ2n) is 6.29. The number of aromatic nitrogens is 2. The summed E-state index contributed by atoms with van der Waals surface area (Å²) in [6.07, 6.45) is 2.53. The van der Waals surface area contributed by atoms with Crippen LogP contribution in [-0.2, 0) is 11.3 Å². The van der Waals surface area contributed by atoms with Crippen molar-refractivity contribution in [2.75, 3.05) is 20.3 Å². The van der Waals surface area contributed by atoms with Crippen molar-refractivity contribution < 1.29 is 13.9 Å². The van der Waals surface area contributed by atoms with Crippen molar-refractivity contribution in [3.63, 3.8) is 0 Å². The maximum atomic E-state index is 14.2. The number of amides is 1. The van der Waals surface area contributed by atoms with Gasteiger partial charge in [0.1, 0.15) is 11.5 Å². The van der Waals surface area contributed by atoms with Crippen LogP contribution in [0.4, 0.5) is 4.39 Å². The number of ether oxygens (including phenoxy) is 1. The predicted octanol–water partition coefficient (Wildman–Crippen LogP) is 2.89. The minimum Gasteiger partial charge on any atom is -0.383 e. The lowest BCUT2D eigenvalue weighted by Crippen LogP contribution is -2.32. The van der Waals surface area contributed by atoms with Crippen LogP contribution in [0.15, 0.2) is 36.5 Å². The summed E-state index contributed by atoms with van der Waals surface area (Å²) in [6, 6.07) is 8.15. The van der Waals surface area contributed by atoms with Crippen molar-refractivity contribution in [3.05, 3.63) is 53.6 Å². The lowest BCUT2D eigenvalue weighted by Gasteiger charge is -2.24. The van der Waals surface area contributed by atoms with Crippen molar-refractivity contribution in [1.82, 2.24) is 14.7 Å². The highest BCUT2D eigenvalue weighted by molar-refractivity contribution is 5.92. The highest BCUT2D eigenvalue weighted by Gasteiger charge is 2.36.